The normalized spacial score (nSPS) is 18.3. The predicted octanol–water partition coefficient (Wildman–Crippen LogP) is 4.55. The second kappa shape index (κ2) is 8.35. The smallest absolute Gasteiger partial charge is 0.231 e. The molecule has 11 heteroatoms. The van der Waals surface area contributed by atoms with Gasteiger partial charge in [-0.1, -0.05) is 18.5 Å². The Morgan fingerprint density at radius 1 is 1.38 bits per heavy atom. The number of nitrogens with zero attached hydrogens (tertiary/aromatic N) is 3. The van der Waals surface area contributed by atoms with Crippen LogP contribution in [0.25, 0.3) is 27.5 Å². The molecule has 3 aromatic heterocycles. The predicted molar refractivity (Wildman–Crippen MR) is 124 cm³/mol. The Bertz CT molecular complexity index is 1450. The third-order valence-corrected chi connectivity index (χ3v) is 6.37. The quantitative estimate of drug-likeness (QED) is 0.372. The van der Waals surface area contributed by atoms with E-state index in [9.17, 15) is 14.0 Å². The van der Waals surface area contributed by atoms with Gasteiger partial charge in [-0.2, -0.15) is 10.2 Å². The molecular weight excluding hydrogens is 466 g/mol. The van der Waals surface area contributed by atoms with E-state index in [0.717, 1.165) is 0 Å². The Hall–Kier alpha value is -3.53. The lowest BCUT2D eigenvalue weighted by Gasteiger charge is -2.18. The number of H-pyrrole nitrogens is 1. The average molecular weight is 487 g/mol. The Morgan fingerprint density at radius 2 is 2.15 bits per heavy atom. The molecular formula is C23H21ClF2N6O2. The highest BCUT2D eigenvalue weighted by molar-refractivity contribution is 6.35. The van der Waals surface area contributed by atoms with Crippen molar-refractivity contribution in [2.24, 2.45) is 5.92 Å². The maximum atomic E-state index is 15.5. The van der Waals surface area contributed by atoms with Crippen LogP contribution in [0.3, 0.4) is 0 Å². The van der Waals surface area contributed by atoms with E-state index < -0.39 is 29.9 Å². The Morgan fingerprint density at radius 3 is 2.85 bits per heavy atom. The summed E-state index contributed by atoms with van der Waals surface area (Å²) >= 11 is 6.52. The number of aromatic nitrogens is 4. The second-order valence-electron chi connectivity index (χ2n) is 8.38. The van der Waals surface area contributed by atoms with Crippen molar-refractivity contribution in [3.05, 3.63) is 47.0 Å². The number of rotatable bonds is 6. The van der Waals surface area contributed by atoms with Crippen LogP contribution >= 0.6 is 11.6 Å². The number of fused-ring (bicyclic) bond motifs is 2. The first-order valence-electron chi connectivity index (χ1n) is 10.9. The van der Waals surface area contributed by atoms with E-state index in [2.05, 4.69) is 25.9 Å². The monoisotopic (exact) mass is 486 g/mol. The molecule has 176 valence electrons. The van der Waals surface area contributed by atoms with Gasteiger partial charge in [0.05, 0.1) is 34.2 Å². The van der Waals surface area contributed by atoms with Crippen molar-refractivity contribution in [2.45, 2.75) is 38.9 Å². The van der Waals surface area contributed by atoms with Gasteiger partial charge in [-0.05, 0) is 31.0 Å². The molecule has 1 fully saturated rings. The number of nitrogens with one attached hydrogen (secondary N) is 3. The van der Waals surface area contributed by atoms with Crippen molar-refractivity contribution in [3.8, 4) is 11.1 Å². The van der Waals surface area contributed by atoms with Crippen LogP contribution < -0.4 is 10.6 Å². The molecule has 0 saturated heterocycles. The molecule has 8 nitrogen and oxygen atoms in total. The lowest BCUT2D eigenvalue weighted by Crippen LogP contribution is -2.26. The zero-order valence-corrected chi connectivity index (χ0v) is 19.1. The Balaban J connectivity index is 1.55. The molecule has 2 amide bonds. The molecule has 1 aliphatic rings. The van der Waals surface area contributed by atoms with Crippen LogP contribution in [-0.4, -0.2) is 37.8 Å². The lowest BCUT2D eigenvalue weighted by molar-refractivity contribution is -0.121. The molecule has 0 bridgehead atoms. The van der Waals surface area contributed by atoms with Crippen LogP contribution in [0.2, 0.25) is 5.02 Å². The number of pyridine rings is 1. The molecule has 34 heavy (non-hydrogen) atoms. The number of halogens is 3. The molecule has 5 rings (SSSR count). The minimum absolute atomic E-state index is 0.0957. The van der Waals surface area contributed by atoms with Crippen LogP contribution in [0.5, 0.6) is 0 Å². The standard InChI is InChI=1S/C23H21ClF2N6O2/c1-3-17(33)28-10(2)18-21(26)20(24)19(14-9-27-30-22(14)18)11-4-5-32-12(6-11)7-16(31-32)29-23(34)13-8-15(13)25/h4-7,9-10,13,15H,3,8H2,1-2H3,(H,27,30)(H,28,33)(H,29,31,34). The van der Waals surface area contributed by atoms with Gasteiger partial charge in [-0.25, -0.2) is 13.3 Å². The SMILES string of the molecule is CCC(=O)NC(C)c1c(F)c(Cl)c(-c2ccn3nc(NC(=O)C4CC4F)cc3c2)c2cn[nH]c12. The van der Waals surface area contributed by atoms with Gasteiger partial charge in [0.15, 0.2) is 5.82 Å². The molecule has 3 N–H and O–H groups in total. The summed E-state index contributed by atoms with van der Waals surface area (Å²) in [5.74, 6) is -1.59. The van der Waals surface area contributed by atoms with Gasteiger partial charge >= 0.3 is 0 Å². The lowest BCUT2D eigenvalue weighted by atomic mass is 9.96. The zero-order chi connectivity index (χ0) is 24.1. The van der Waals surface area contributed by atoms with E-state index in [1.165, 1.54) is 0 Å². The van der Waals surface area contributed by atoms with Crippen LogP contribution in [0.15, 0.2) is 30.6 Å². The highest BCUT2D eigenvalue weighted by Gasteiger charge is 2.43. The van der Waals surface area contributed by atoms with Crippen molar-refractivity contribution >= 4 is 45.7 Å². The van der Waals surface area contributed by atoms with E-state index in [1.54, 1.807) is 49.0 Å². The molecule has 0 radical (unpaired) electrons. The summed E-state index contributed by atoms with van der Waals surface area (Å²) in [6.07, 6.45) is 2.62. The number of hydrogen-bond acceptors (Lipinski definition) is 4. The van der Waals surface area contributed by atoms with Crippen LogP contribution in [0, 0.1) is 11.7 Å². The summed E-state index contributed by atoms with van der Waals surface area (Å²) in [6.45, 7) is 3.40. The minimum Gasteiger partial charge on any atom is -0.349 e. The number of carbonyl (C=O) groups is 2. The largest absolute Gasteiger partial charge is 0.349 e. The van der Waals surface area contributed by atoms with Crippen LogP contribution in [0.1, 0.15) is 38.3 Å². The van der Waals surface area contributed by atoms with Gasteiger partial charge in [0.1, 0.15) is 12.0 Å². The molecule has 1 aromatic carbocycles. The van der Waals surface area contributed by atoms with E-state index in [1.807, 2.05) is 0 Å². The van der Waals surface area contributed by atoms with E-state index >= 15 is 4.39 Å². The number of anilines is 1. The number of carbonyl (C=O) groups excluding carboxylic acids is 2. The topological polar surface area (TPSA) is 104 Å². The van der Waals surface area contributed by atoms with Gasteiger partial charge in [0, 0.05) is 35.2 Å². The molecule has 0 aliphatic heterocycles. The van der Waals surface area contributed by atoms with Gasteiger partial charge in [0.2, 0.25) is 11.8 Å². The van der Waals surface area contributed by atoms with Crippen molar-refractivity contribution in [1.82, 2.24) is 25.1 Å². The first kappa shape index (κ1) is 22.3. The molecule has 3 heterocycles. The first-order valence-corrected chi connectivity index (χ1v) is 11.2. The fraction of sp³-hybridized carbons (Fsp3) is 0.304. The maximum absolute atomic E-state index is 15.5. The van der Waals surface area contributed by atoms with Crippen molar-refractivity contribution in [2.75, 3.05) is 5.32 Å². The summed E-state index contributed by atoms with van der Waals surface area (Å²) in [5, 5.41) is 17.1. The van der Waals surface area contributed by atoms with Gasteiger partial charge in [0.25, 0.3) is 0 Å². The number of hydrogen-bond donors (Lipinski definition) is 3. The van der Waals surface area contributed by atoms with Gasteiger partial charge in [-0.3, -0.25) is 14.7 Å². The number of alkyl halides is 1. The molecule has 3 unspecified atom stereocenters. The fourth-order valence-electron chi connectivity index (χ4n) is 4.11. The van der Waals surface area contributed by atoms with E-state index in [0.29, 0.717) is 33.4 Å². The Labute approximate surface area is 197 Å². The first-order chi connectivity index (χ1) is 16.3. The highest BCUT2D eigenvalue weighted by Crippen LogP contribution is 2.41. The van der Waals surface area contributed by atoms with Gasteiger partial charge < -0.3 is 10.6 Å². The minimum atomic E-state index is -1.10. The van der Waals surface area contributed by atoms with Crippen LogP contribution in [0.4, 0.5) is 14.6 Å². The molecule has 4 aromatic rings. The number of benzene rings is 1. The van der Waals surface area contributed by atoms with Crippen molar-refractivity contribution in [1.29, 1.82) is 0 Å². The third kappa shape index (κ3) is 3.77. The molecule has 3 atom stereocenters. The van der Waals surface area contributed by atoms with Crippen LogP contribution in [-0.2, 0) is 9.59 Å². The zero-order valence-electron chi connectivity index (χ0n) is 18.3. The maximum Gasteiger partial charge on any atom is 0.231 e. The summed E-state index contributed by atoms with van der Waals surface area (Å²) in [4.78, 5) is 23.9. The second-order valence-corrected chi connectivity index (χ2v) is 8.76. The van der Waals surface area contributed by atoms with E-state index in [-0.39, 0.29) is 29.3 Å². The fourth-order valence-corrected chi connectivity index (χ4v) is 4.42. The van der Waals surface area contributed by atoms with Crippen molar-refractivity contribution < 1.29 is 18.4 Å². The third-order valence-electron chi connectivity index (χ3n) is 6.01. The number of amides is 2. The molecule has 1 saturated carbocycles. The van der Waals surface area contributed by atoms with E-state index in [4.69, 9.17) is 11.6 Å². The summed E-state index contributed by atoms with van der Waals surface area (Å²) in [6, 6.07) is 4.50. The molecule has 1 aliphatic carbocycles. The number of aromatic amines is 1. The molecule has 0 spiro atoms. The highest BCUT2D eigenvalue weighted by atomic mass is 35.5. The summed E-state index contributed by atoms with van der Waals surface area (Å²) < 4.78 is 30.2. The van der Waals surface area contributed by atoms with Gasteiger partial charge in [-0.15, -0.1) is 0 Å². The van der Waals surface area contributed by atoms with Crippen molar-refractivity contribution in [3.63, 3.8) is 0 Å². The summed E-state index contributed by atoms with van der Waals surface area (Å²) in [7, 11) is 0. The average Bonchev–Trinajstić information content (AvgIpc) is 3.17. The summed E-state index contributed by atoms with van der Waals surface area (Å²) in [5.41, 5.74) is 2.34. The Kier molecular flexibility index (Phi) is 5.47.